The molecule has 1 fully saturated rings. The van der Waals surface area contributed by atoms with Crippen LogP contribution in [-0.2, 0) is 0 Å². The topological polar surface area (TPSA) is 51.9 Å². The zero-order valence-electron chi connectivity index (χ0n) is 16.6. The Morgan fingerprint density at radius 3 is 2.41 bits per heavy atom. The van der Waals surface area contributed by atoms with Crippen molar-refractivity contribution in [3.05, 3.63) is 83.8 Å². The maximum absolute atomic E-state index is 12.9. The number of rotatable bonds is 3. The van der Waals surface area contributed by atoms with Gasteiger partial charge in [0.15, 0.2) is 0 Å². The molecule has 1 aliphatic rings. The number of hydrogen-bond acceptors (Lipinski definition) is 1. The molecule has 0 aliphatic carbocycles. The third-order valence-corrected chi connectivity index (χ3v) is 6.10. The predicted molar refractivity (Wildman–Crippen MR) is 117 cm³/mol. The SMILES string of the molecule is Cc1ccc(C2CCN(C(=O)c3ccc(-c4ccc5cc[nH]c5c4)cc3)CC2)[nH]1. The van der Waals surface area contributed by atoms with Crippen LogP contribution in [0.25, 0.3) is 22.0 Å². The molecule has 2 N–H and O–H groups in total. The van der Waals surface area contributed by atoms with Gasteiger partial charge in [0, 0.05) is 47.7 Å². The second kappa shape index (κ2) is 7.28. The fraction of sp³-hybridized carbons (Fsp3) is 0.240. The Balaban J connectivity index is 1.27. The molecule has 1 aliphatic heterocycles. The molecule has 29 heavy (non-hydrogen) atoms. The van der Waals surface area contributed by atoms with Gasteiger partial charge in [0.1, 0.15) is 0 Å². The summed E-state index contributed by atoms with van der Waals surface area (Å²) >= 11 is 0. The van der Waals surface area contributed by atoms with Gasteiger partial charge < -0.3 is 14.9 Å². The van der Waals surface area contributed by atoms with E-state index in [0.717, 1.165) is 48.1 Å². The molecule has 0 radical (unpaired) electrons. The summed E-state index contributed by atoms with van der Waals surface area (Å²) in [5.74, 6) is 0.663. The van der Waals surface area contributed by atoms with E-state index in [-0.39, 0.29) is 5.91 Å². The monoisotopic (exact) mass is 383 g/mol. The van der Waals surface area contributed by atoms with E-state index >= 15 is 0 Å². The molecule has 4 heteroatoms. The molecule has 2 aromatic carbocycles. The van der Waals surface area contributed by atoms with Crippen molar-refractivity contribution in [2.75, 3.05) is 13.1 Å². The first-order valence-electron chi connectivity index (χ1n) is 10.3. The van der Waals surface area contributed by atoms with E-state index in [0.29, 0.717) is 5.92 Å². The number of aromatic amines is 2. The van der Waals surface area contributed by atoms with Crippen LogP contribution in [0.4, 0.5) is 0 Å². The van der Waals surface area contributed by atoms with Crippen LogP contribution in [0.5, 0.6) is 0 Å². The van der Waals surface area contributed by atoms with Gasteiger partial charge in [-0.3, -0.25) is 4.79 Å². The molecule has 146 valence electrons. The van der Waals surface area contributed by atoms with Crippen molar-refractivity contribution < 1.29 is 4.79 Å². The van der Waals surface area contributed by atoms with Crippen molar-refractivity contribution in [2.24, 2.45) is 0 Å². The smallest absolute Gasteiger partial charge is 0.253 e. The van der Waals surface area contributed by atoms with E-state index in [1.807, 2.05) is 35.4 Å². The average molecular weight is 383 g/mol. The summed E-state index contributed by atoms with van der Waals surface area (Å²) < 4.78 is 0. The number of benzene rings is 2. The predicted octanol–water partition coefficient (Wildman–Crippen LogP) is 5.49. The number of aromatic nitrogens is 2. The Kier molecular flexibility index (Phi) is 4.47. The van der Waals surface area contributed by atoms with E-state index < -0.39 is 0 Å². The van der Waals surface area contributed by atoms with Crippen LogP contribution in [0.3, 0.4) is 0 Å². The molecule has 0 spiro atoms. The molecular weight excluding hydrogens is 358 g/mol. The number of nitrogens with one attached hydrogen (secondary N) is 2. The molecule has 1 amide bonds. The summed E-state index contributed by atoms with van der Waals surface area (Å²) in [5.41, 5.74) is 6.68. The highest BCUT2D eigenvalue weighted by Crippen LogP contribution is 2.29. The maximum atomic E-state index is 12.9. The van der Waals surface area contributed by atoms with Gasteiger partial charge in [-0.25, -0.2) is 0 Å². The lowest BCUT2D eigenvalue weighted by atomic mass is 9.93. The highest BCUT2D eigenvalue weighted by Gasteiger charge is 2.25. The molecule has 1 saturated heterocycles. The average Bonchev–Trinajstić information content (AvgIpc) is 3.42. The second-order valence-electron chi connectivity index (χ2n) is 8.02. The lowest BCUT2D eigenvalue weighted by Gasteiger charge is -2.31. The number of H-pyrrole nitrogens is 2. The molecule has 0 unspecified atom stereocenters. The number of piperidine rings is 1. The Morgan fingerprint density at radius 2 is 1.69 bits per heavy atom. The van der Waals surface area contributed by atoms with E-state index in [4.69, 9.17) is 0 Å². The Labute approximate surface area is 170 Å². The number of hydrogen-bond donors (Lipinski definition) is 2. The Hall–Kier alpha value is -3.27. The van der Waals surface area contributed by atoms with Crippen LogP contribution in [0.15, 0.2) is 66.9 Å². The zero-order valence-corrected chi connectivity index (χ0v) is 16.6. The molecule has 0 atom stereocenters. The number of likely N-dealkylation sites (tertiary alicyclic amines) is 1. The Bertz CT molecular complexity index is 1140. The summed E-state index contributed by atoms with van der Waals surface area (Å²) in [7, 11) is 0. The molecule has 0 bridgehead atoms. The van der Waals surface area contributed by atoms with Crippen LogP contribution >= 0.6 is 0 Å². The van der Waals surface area contributed by atoms with Crippen LogP contribution in [0, 0.1) is 6.92 Å². The van der Waals surface area contributed by atoms with Crippen molar-refractivity contribution in [1.82, 2.24) is 14.9 Å². The molecule has 4 nitrogen and oxygen atoms in total. The number of carbonyl (C=O) groups is 1. The highest BCUT2D eigenvalue weighted by molar-refractivity contribution is 5.95. The summed E-state index contributed by atoms with van der Waals surface area (Å²) in [6.07, 6.45) is 3.98. The van der Waals surface area contributed by atoms with E-state index in [1.54, 1.807) is 0 Å². The normalized spacial score (nSPS) is 15.1. The summed E-state index contributed by atoms with van der Waals surface area (Å²) in [6, 6.07) is 20.8. The van der Waals surface area contributed by atoms with Crippen LogP contribution in [0.2, 0.25) is 0 Å². The van der Waals surface area contributed by atoms with Gasteiger partial charge in [0.25, 0.3) is 5.91 Å². The van der Waals surface area contributed by atoms with Gasteiger partial charge in [0.2, 0.25) is 0 Å². The first kappa shape index (κ1) is 17.8. The minimum atomic E-state index is 0.137. The van der Waals surface area contributed by atoms with Gasteiger partial charge >= 0.3 is 0 Å². The van der Waals surface area contributed by atoms with E-state index in [9.17, 15) is 4.79 Å². The summed E-state index contributed by atoms with van der Waals surface area (Å²) in [6.45, 7) is 3.71. The van der Waals surface area contributed by atoms with E-state index in [2.05, 4.69) is 53.3 Å². The van der Waals surface area contributed by atoms with Crippen LogP contribution < -0.4 is 0 Å². The first-order chi connectivity index (χ1) is 14.2. The summed E-state index contributed by atoms with van der Waals surface area (Å²) in [5, 5.41) is 1.21. The molecule has 3 heterocycles. The lowest BCUT2D eigenvalue weighted by molar-refractivity contribution is 0.0712. The van der Waals surface area contributed by atoms with Gasteiger partial charge in [-0.15, -0.1) is 0 Å². The third-order valence-electron chi connectivity index (χ3n) is 6.10. The summed E-state index contributed by atoms with van der Waals surface area (Å²) in [4.78, 5) is 21.6. The number of fused-ring (bicyclic) bond motifs is 1. The highest BCUT2D eigenvalue weighted by atomic mass is 16.2. The quantitative estimate of drug-likeness (QED) is 0.483. The molecule has 4 aromatic rings. The first-order valence-corrected chi connectivity index (χ1v) is 10.3. The maximum Gasteiger partial charge on any atom is 0.253 e. The number of amides is 1. The van der Waals surface area contributed by atoms with Gasteiger partial charge in [-0.05, 0) is 72.7 Å². The molecular formula is C25H25N3O. The van der Waals surface area contributed by atoms with Crippen molar-refractivity contribution >= 4 is 16.8 Å². The van der Waals surface area contributed by atoms with Gasteiger partial charge in [-0.2, -0.15) is 0 Å². The second-order valence-corrected chi connectivity index (χ2v) is 8.02. The van der Waals surface area contributed by atoms with Crippen molar-refractivity contribution in [3.63, 3.8) is 0 Å². The van der Waals surface area contributed by atoms with Crippen LogP contribution in [-0.4, -0.2) is 33.9 Å². The molecule has 2 aromatic heterocycles. The third kappa shape index (κ3) is 3.46. The molecule has 0 saturated carbocycles. The zero-order chi connectivity index (χ0) is 19.8. The number of carbonyl (C=O) groups excluding carboxylic acids is 1. The van der Waals surface area contributed by atoms with Gasteiger partial charge in [0.05, 0.1) is 0 Å². The van der Waals surface area contributed by atoms with E-state index in [1.165, 1.54) is 16.8 Å². The Morgan fingerprint density at radius 1 is 0.931 bits per heavy atom. The van der Waals surface area contributed by atoms with Crippen molar-refractivity contribution in [1.29, 1.82) is 0 Å². The van der Waals surface area contributed by atoms with Crippen LogP contribution in [0.1, 0.15) is 40.5 Å². The minimum absolute atomic E-state index is 0.137. The fourth-order valence-corrected chi connectivity index (χ4v) is 4.37. The molecule has 5 rings (SSSR count). The van der Waals surface area contributed by atoms with Crippen molar-refractivity contribution in [2.45, 2.75) is 25.7 Å². The minimum Gasteiger partial charge on any atom is -0.362 e. The van der Waals surface area contributed by atoms with Gasteiger partial charge in [-0.1, -0.05) is 24.3 Å². The standard InChI is InChI=1S/C25H25N3O/c1-17-2-9-23(27-17)20-11-14-28(15-12-20)25(29)21-6-3-18(4-7-21)22-8-5-19-10-13-26-24(19)16-22/h2-10,13,16,20,26-27H,11-12,14-15H2,1H3. The number of nitrogens with zero attached hydrogens (tertiary/aromatic N) is 1. The fourth-order valence-electron chi connectivity index (χ4n) is 4.37. The lowest BCUT2D eigenvalue weighted by Crippen LogP contribution is -2.38. The number of aryl methyl sites for hydroxylation is 1. The largest absolute Gasteiger partial charge is 0.362 e. The van der Waals surface area contributed by atoms with Crippen molar-refractivity contribution in [3.8, 4) is 11.1 Å².